The van der Waals surface area contributed by atoms with Gasteiger partial charge in [0, 0.05) is 18.3 Å². The highest BCUT2D eigenvalue weighted by molar-refractivity contribution is 5.53. The lowest BCUT2D eigenvalue weighted by Crippen LogP contribution is -2.36. The van der Waals surface area contributed by atoms with Crippen molar-refractivity contribution in [2.75, 3.05) is 13.1 Å². The van der Waals surface area contributed by atoms with Crippen molar-refractivity contribution < 1.29 is 17.6 Å². The van der Waals surface area contributed by atoms with E-state index in [4.69, 9.17) is 8.83 Å². The lowest BCUT2D eigenvalue weighted by Gasteiger charge is -2.30. The van der Waals surface area contributed by atoms with Crippen molar-refractivity contribution in [2.24, 2.45) is 0 Å². The van der Waals surface area contributed by atoms with E-state index in [0.717, 1.165) is 19.6 Å². The summed E-state index contributed by atoms with van der Waals surface area (Å²) in [5, 5.41) is 11.1. The maximum Gasteiger partial charge on any atom is 0.437 e. The molecular formula is C21H18F2N6O3. The number of alkyl halides is 2. The summed E-state index contributed by atoms with van der Waals surface area (Å²) in [6.07, 6.45) is -0.191. The summed E-state index contributed by atoms with van der Waals surface area (Å²) in [6, 6.07) is 11.0. The van der Waals surface area contributed by atoms with Crippen LogP contribution in [-0.2, 0) is 13.1 Å². The number of hydrogen-bond acceptors (Lipinski definition) is 8. The van der Waals surface area contributed by atoms with Gasteiger partial charge in [-0.2, -0.15) is 13.5 Å². The minimum absolute atomic E-state index is 0.0576. The van der Waals surface area contributed by atoms with Crippen molar-refractivity contribution in [2.45, 2.75) is 25.9 Å². The zero-order chi connectivity index (χ0) is 22.1. The van der Waals surface area contributed by atoms with Crippen LogP contribution in [0.25, 0.3) is 22.9 Å². The van der Waals surface area contributed by atoms with Crippen molar-refractivity contribution in [1.29, 1.82) is 0 Å². The second-order valence-corrected chi connectivity index (χ2v) is 7.44. The van der Waals surface area contributed by atoms with E-state index >= 15 is 0 Å². The Kier molecular flexibility index (Phi) is 5.31. The van der Waals surface area contributed by atoms with Gasteiger partial charge in [0.25, 0.3) is 5.89 Å². The second-order valence-electron chi connectivity index (χ2n) is 7.44. The number of halogens is 2. The van der Waals surface area contributed by atoms with Gasteiger partial charge in [-0.3, -0.25) is 9.88 Å². The van der Waals surface area contributed by atoms with Crippen molar-refractivity contribution >= 4 is 0 Å². The van der Waals surface area contributed by atoms with Crippen molar-refractivity contribution in [3.63, 3.8) is 0 Å². The Morgan fingerprint density at radius 1 is 0.938 bits per heavy atom. The van der Waals surface area contributed by atoms with Crippen LogP contribution in [0.2, 0.25) is 0 Å². The molecule has 4 aromatic rings. The summed E-state index contributed by atoms with van der Waals surface area (Å²) in [6.45, 7) is 3.25. The normalized spacial score (nSPS) is 14.1. The molecule has 0 bridgehead atoms. The van der Waals surface area contributed by atoms with E-state index in [9.17, 15) is 13.6 Å². The van der Waals surface area contributed by atoms with Crippen molar-refractivity contribution in [1.82, 2.24) is 29.9 Å². The fourth-order valence-electron chi connectivity index (χ4n) is 3.31. The van der Waals surface area contributed by atoms with Crippen LogP contribution in [0.3, 0.4) is 0 Å². The van der Waals surface area contributed by atoms with E-state index in [2.05, 4.69) is 25.2 Å². The molecular weight excluding hydrogens is 422 g/mol. The number of benzene rings is 1. The summed E-state index contributed by atoms with van der Waals surface area (Å²) in [7, 11) is 0. The van der Waals surface area contributed by atoms with Crippen LogP contribution in [0.15, 0.2) is 56.2 Å². The molecule has 1 aromatic carbocycles. The van der Waals surface area contributed by atoms with Gasteiger partial charge in [-0.05, 0) is 49.3 Å². The number of pyridine rings is 1. The van der Waals surface area contributed by atoms with E-state index in [-0.39, 0.29) is 18.3 Å². The fourth-order valence-corrected chi connectivity index (χ4v) is 3.31. The third-order valence-electron chi connectivity index (χ3n) is 5.17. The average Bonchev–Trinajstić information content (AvgIpc) is 3.40. The number of hydrogen-bond donors (Lipinski definition) is 0. The number of likely N-dealkylation sites (tertiary alicyclic amines) is 1. The molecule has 1 fully saturated rings. The van der Waals surface area contributed by atoms with Crippen LogP contribution < -0.4 is 5.76 Å². The quantitative estimate of drug-likeness (QED) is 0.432. The zero-order valence-electron chi connectivity index (χ0n) is 16.8. The lowest BCUT2D eigenvalue weighted by atomic mass is 10.1. The highest BCUT2D eigenvalue weighted by Gasteiger charge is 2.18. The Bertz CT molecular complexity index is 1260. The molecule has 164 valence electrons. The Hall–Kier alpha value is -3.73. The molecule has 0 spiro atoms. The van der Waals surface area contributed by atoms with Gasteiger partial charge in [0.2, 0.25) is 11.8 Å². The Labute approximate surface area is 180 Å². The van der Waals surface area contributed by atoms with Crippen molar-refractivity contribution in [3.05, 3.63) is 70.3 Å². The summed E-state index contributed by atoms with van der Waals surface area (Å²) in [5.74, 6) is -1.18. The molecule has 4 heterocycles. The Balaban J connectivity index is 1.28. The predicted molar refractivity (Wildman–Crippen MR) is 108 cm³/mol. The number of rotatable bonds is 7. The lowest BCUT2D eigenvalue weighted by molar-refractivity contribution is 0.116. The largest absolute Gasteiger partial charge is 0.437 e. The molecule has 1 saturated heterocycles. The first-order chi connectivity index (χ1) is 15.5. The smallest absolute Gasteiger partial charge is 0.415 e. The monoisotopic (exact) mass is 440 g/mol. The van der Waals surface area contributed by atoms with E-state index in [1.807, 2.05) is 24.3 Å². The van der Waals surface area contributed by atoms with Crippen LogP contribution >= 0.6 is 0 Å². The van der Waals surface area contributed by atoms with Crippen LogP contribution in [0, 0.1) is 0 Å². The van der Waals surface area contributed by atoms with Gasteiger partial charge in [0.05, 0.1) is 17.8 Å². The van der Waals surface area contributed by atoms with Gasteiger partial charge in [0.1, 0.15) is 0 Å². The Morgan fingerprint density at radius 3 is 2.34 bits per heavy atom. The van der Waals surface area contributed by atoms with Crippen LogP contribution in [0.4, 0.5) is 8.78 Å². The van der Waals surface area contributed by atoms with Crippen LogP contribution in [0.1, 0.15) is 30.0 Å². The van der Waals surface area contributed by atoms with Crippen LogP contribution in [0.5, 0.6) is 0 Å². The summed E-state index contributed by atoms with van der Waals surface area (Å²) in [4.78, 5) is 18.8. The molecule has 0 saturated carbocycles. The average molecular weight is 440 g/mol. The summed E-state index contributed by atoms with van der Waals surface area (Å²) >= 11 is 0. The van der Waals surface area contributed by atoms with E-state index in [1.54, 1.807) is 12.1 Å². The first kappa shape index (κ1) is 20.2. The molecule has 32 heavy (non-hydrogen) atoms. The zero-order valence-corrected chi connectivity index (χ0v) is 16.8. The maximum atomic E-state index is 12.6. The molecule has 1 aliphatic heterocycles. The molecule has 0 unspecified atom stereocenters. The van der Waals surface area contributed by atoms with Crippen molar-refractivity contribution in [3.8, 4) is 22.9 Å². The molecule has 3 aromatic heterocycles. The SMILES string of the molecule is O=c1oc(-c2ccc(CN3CCC3)cc2)nn1Cc1ccc(-c2nnc(C(F)F)o2)cn1. The summed E-state index contributed by atoms with van der Waals surface area (Å²) in [5.41, 5.74) is 2.82. The molecule has 0 N–H and O–H groups in total. The third-order valence-corrected chi connectivity index (χ3v) is 5.17. The highest BCUT2D eigenvalue weighted by atomic mass is 19.3. The van der Waals surface area contributed by atoms with E-state index < -0.39 is 18.1 Å². The molecule has 9 nitrogen and oxygen atoms in total. The van der Waals surface area contributed by atoms with Gasteiger partial charge < -0.3 is 8.83 Å². The summed E-state index contributed by atoms with van der Waals surface area (Å²) < 4.78 is 36.6. The Morgan fingerprint density at radius 2 is 1.72 bits per heavy atom. The fraction of sp³-hybridized carbons (Fsp3) is 0.286. The third kappa shape index (κ3) is 4.19. The first-order valence-electron chi connectivity index (χ1n) is 10.0. The molecule has 11 heteroatoms. The minimum atomic E-state index is -2.84. The molecule has 5 rings (SSSR count). The molecule has 1 aliphatic rings. The standard InChI is InChI=1S/C21H18F2N6O3/c22-17(23)20-26-25-18(31-20)15-6-7-16(24-10-15)12-29-21(30)32-19(27-29)14-4-2-13(3-5-14)11-28-8-1-9-28/h2-7,10,17H,1,8-9,11-12H2. The predicted octanol–water partition coefficient (Wildman–Crippen LogP) is 3.14. The maximum absolute atomic E-state index is 12.6. The second kappa shape index (κ2) is 8.42. The van der Waals surface area contributed by atoms with Gasteiger partial charge in [-0.1, -0.05) is 12.1 Å². The molecule has 0 radical (unpaired) electrons. The van der Waals surface area contributed by atoms with Gasteiger partial charge in [0.15, 0.2) is 0 Å². The molecule has 0 amide bonds. The minimum Gasteiger partial charge on any atom is -0.415 e. The number of aromatic nitrogens is 5. The highest BCUT2D eigenvalue weighted by Crippen LogP contribution is 2.23. The van der Waals surface area contributed by atoms with Gasteiger partial charge in [-0.25, -0.2) is 4.79 Å². The van der Waals surface area contributed by atoms with E-state index in [1.165, 1.54) is 22.9 Å². The number of nitrogens with zero attached hydrogens (tertiary/aromatic N) is 6. The topological polar surface area (TPSA) is 103 Å². The van der Waals surface area contributed by atoms with E-state index in [0.29, 0.717) is 16.8 Å². The van der Waals surface area contributed by atoms with Gasteiger partial charge >= 0.3 is 12.2 Å². The molecule has 0 atom stereocenters. The first-order valence-corrected chi connectivity index (χ1v) is 10.0. The molecule has 0 aliphatic carbocycles. The van der Waals surface area contributed by atoms with Gasteiger partial charge in [-0.15, -0.1) is 15.3 Å². The van der Waals surface area contributed by atoms with Crippen LogP contribution in [-0.4, -0.2) is 43.0 Å².